The maximum atomic E-state index is 13.2. The largest absolute Gasteiger partial charge is 0.394 e. The molecule has 0 radical (unpaired) electrons. The first kappa shape index (κ1) is 64.8. The molecule has 17 unspecified atom stereocenters. The second kappa shape index (κ2) is 38.1. The average Bonchev–Trinajstić information content (AvgIpc) is 3.37. The van der Waals surface area contributed by atoms with Gasteiger partial charge in [0, 0.05) is 6.42 Å². The van der Waals surface area contributed by atoms with E-state index >= 15 is 0 Å². The minimum Gasteiger partial charge on any atom is -0.394 e. The number of carbonyl (C=O) groups excluding carboxylic acids is 1. The molecule has 424 valence electrons. The van der Waals surface area contributed by atoms with Crippen molar-refractivity contribution in [3.63, 3.8) is 0 Å². The van der Waals surface area contributed by atoms with E-state index in [4.69, 9.17) is 28.4 Å². The zero-order chi connectivity index (χ0) is 52.7. The number of aliphatic hydroxyl groups is 11. The molecule has 3 heterocycles. The number of unbranched alkanes of at least 4 members (excludes halogenated alkanes) is 24. The first-order valence-corrected chi connectivity index (χ1v) is 27.9. The molecule has 3 rings (SSSR count). The van der Waals surface area contributed by atoms with Crippen LogP contribution in [-0.4, -0.2) is 193 Å². The van der Waals surface area contributed by atoms with Crippen molar-refractivity contribution in [1.82, 2.24) is 5.32 Å². The summed E-state index contributed by atoms with van der Waals surface area (Å²) in [6.07, 6.45) is 8.19. The van der Waals surface area contributed by atoms with Crippen LogP contribution in [0.5, 0.6) is 0 Å². The van der Waals surface area contributed by atoms with Gasteiger partial charge in [-0.2, -0.15) is 0 Å². The van der Waals surface area contributed by atoms with Crippen molar-refractivity contribution in [1.29, 1.82) is 0 Å². The molecule has 17 atom stereocenters. The summed E-state index contributed by atoms with van der Waals surface area (Å²) in [5.74, 6) is -0.278. The van der Waals surface area contributed by atoms with Gasteiger partial charge < -0.3 is 89.9 Å². The molecule has 0 aliphatic carbocycles. The second-order valence-corrected chi connectivity index (χ2v) is 20.4. The van der Waals surface area contributed by atoms with Gasteiger partial charge in [0.2, 0.25) is 5.91 Å². The lowest BCUT2D eigenvalue weighted by atomic mass is 9.96. The minimum absolute atomic E-state index is 0.248. The van der Waals surface area contributed by atoms with E-state index in [0.29, 0.717) is 6.42 Å². The summed E-state index contributed by atoms with van der Waals surface area (Å²) in [5.41, 5.74) is 0. The van der Waals surface area contributed by atoms with E-state index in [1.54, 1.807) is 6.08 Å². The Morgan fingerprint density at radius 1 is 0.486 bits per heavy atom. The normalized spacial score (nSPS) is 32.0. The number of aliphatic hydroxyl groups excluding tert-OH is 11. The Morgan fingerprint density at radius 3 is 1.31 bits per heavy atom. The fourth-order valence-corrected chi connectivity index (χ4v) is 9.66. The number of allylic oxidation sites excluding steroid dienone is 1. The van der Waals surface area contributed by atoms with Crippen molar-refractivity contribution in [3.05, 3.63) is 12.2 Å². The summed E-state index contributed by atoms with van der Waals surface area (Å²) in [6.45, 7) is 1.65. The molecule has 19 heteroatoms. The Bertz CT molecular complexity index is 1380. The Morgan fingerprint density at radius 2 is 0.861 bits per heavy atom. The third-order valence-electron chi connectivity index (χ3n) is 14.3. The molecule has 19 nitrogen and oxygen atoms in total. The van der Waals surface area contributed by atoms with E-state index in [1.165, 1.54) is 103 Å². The van der Waals surface area contributed by atoms with E-state index in [1.807, 2.05) is 6.08 Å². The third kappa shape index (κ3) is 23.0. The number of carbonyl (C=O) groups is 1. The summed E-state index contributed by atoms with van der Waals surface area (Å²) < 4.78 is 34.1. The van der Waals surface area contributed by atoms with E-state index in [2.05, 4.69) is 19.2 Å². The van der Waals surface area contributed by atoms with Crippen molar-refractivity contribution >= 4 is 5.91 Å². The van der Waals surface area contributed by atoms with Crippen molar-refractivity contribution in [2.75, 3.05) is 26.4 Å². The summed E-state index contributed by atoms with van der Waals surface area (Å²) in [7, 11) is 0. The molecule has 0 aromatic heterocycles. The van der Waals surface area contributed by atoms with E-state index < -0.39 is 124 Å². The molecule has 0 saturated carbocycles. The molecule has 0 spiro atoms. The molecule has 72 heavy (non-hydrogen) atoms. The highest BCUT2D eigenvalue weighted by Gasteiger charge is 2.53. The van der Waals surface area contributed by atoms with Gasteiger partial charge in [0.1, 0.15) is 73.2 Å². The van der Waals surface area contributed by atoms with Crippen molar-refractivity contribution in [3.8, 4) is 0 Å². The Balaban J connectivity index is 1.46. The molecule has 3 aliphatic rings. The summed E-state index contributed by atoms with van der Waals surface area (Å²) in [5, 5.41) is 119. The van der Waals surface area contributed by atoms with Crippen LogP contribution in [0.4, 0.5) is 0 Å². The second-order valence-electron chi connectivity index (χ2n) is 20.4. The molecule has 3 saturated heterocycles. The van der Waals surface area contributed by atoms with E-state index in [-0.39, 0.29) is 18.9 Å². The van der Waals surface area contributed by atoms with E-state index in [9.17, 15) is 61.0 Å². The first-order valence-electron chi connectivity index (χ1n) is 27.9. The molecule has 3 aliphatic heterocycles. The summed E-state index contributed by atoms with van der Waals surface area (Å²) in [6, 6.07) is -0.964. The summed E-state index contributed by atoms with van der Waals surface area (Å²) in [4.78, 5) is 13.2. The monoisotopic (exact) mass is 1040 g/mol. The third-order valence-corrected chi connectivity index (χ3v) is 14.3. The summed E-state index contributed by atoms with van der Waals surface area (Å²) >= 11 is 0. The van der Waals surface area contributed by atoms with Gasteiger partial charge in [0.25, 0.3) is 0 Å². The Kier molecular flexibility index (Phi) is 34.3. The zero-order valence-electron chi connectivity index (χ0n) is 43.7. The smallest absolute Gasteiger partial charge is 0.220 e. The number of rotatable bonds is 40. The van der Waals surface area contributed by atoms with Gasteiger partial charge in [0.15, 0.2) is 18.9 Å². The SMILES string of the molecule is CCCCCCC/C=C/C(O)C(COC1OC(CO)C(OC2OC(CO)C(OC3OC(CO)C(O)C(O)C3O)C(O)C2O)C(O)C1O)NC(=O)CCCCCCCCCCCCCCCCCCCCCC. The van der Waals surface area contributed by atoms with Crippen molar-refractivity contribution < 1.29 is 89.4 Å². The minimum atomic E-state index is -1.97. The fraction of sp³-hybridized carbons (Fsp3) is 0.943. The predicted octanol–water partition coefficient (Wildman–Crippen LogP) is 3.43. The number of hydrogen-bond acceptors (Lipinski definition) is 18. The fourth-order valence-electron chi connectivity index (χ4n) is 9.66. The topological polar surface area (TPSA) is 307 Å². The van der Waals surface area contributed by atoms with Crippen LogP contribution in [0, 0.1) is 0 Å². The number of nitrogens with one attached hydrogen (secondary N) is 1. The highest BCUT2D eigenvalue weighted by Crippen LogP contribution is 2.33. The maximum absolute atomic E-state index is 13.2. The number of hydrogen-bond donors (Lipinski definition) is 12. The zero-order valence-corrected chi connectivity index (χ0v) is 43.7. The van der Waals surface area contributed by atoms with Crippen molar-refractivity contribution in [2.45, 2.75) is 291 Å². The van der Waals surface area contributed by atoms with Crippen LogP contribution in [-0.2, 0) is 33.2 Å². The van der Waals surface area contributed by atoms with Crippen LogP contribution in [0.1, 0.15) is 187 Å². The van der Waals surface area contributed by atoms with Gasteiger partial charge in [0.05, 0.1) is 38.6 Å². The Hall–Kier alpha value is -1.47. The highest BCUT2D eigenvalue weighted by atomic mass is 16.8. The van der Waals surface area contributed by atoms with Crippen LogP contribution in [0.15, 0.2) is 12.2 Å². The van der Waals surface area contributed by atoms with Gasteiger partial charge in [-0.25, -0.2) is 0 Å². The van der Waals surface area contributed by atoms with Crippen LogP contribution in [0.2, 0.25) is 0 Å². The molecule has 0 aromatic rings. The standard InChI is InChI=1S/C53H99NO18/c1-3-5-7-9-11-12-13-14-15-16-17-18-19-20-21-22-23-25-27-29-31-41(59)54-36(37(58)30-28-26-24-10-8-6-4-2)35-67-51-47(65)44(62)49(39(33-56)69-51)72-53-48(66)45(63)50(40(34-57)70-53)71-52-46(64)43(61)42(60)38(32-55)68-52/h28,30,36-40,42-53,55-58,60-66H,3-27,29,31-35H2,1-2H3,(H,54,59)/b30-28+. The van der Waals surface area contributed by atoms with Crippen LogP contribution in [0.25, 0.3) is 0 Å². The van der Waals surface area contributed by atoms with Gasteiger partial charge in [-0.05, 0) is 19.3 Å². The van der Waals surface area contributed by atoms with Gasteiger partial charge in [-0.1, -0.05) is 174 Å². The molecular weight excluding hydrogens is 939 g/mol. The molecule has 0 bridgehead atoms. The van der Waals surface area contributed by atoms with Crippen LogP contribution in [0.3, 0.4) is 0 Å². The maximum Gasteiger partial charge on any atom is 0.220 e. The van der Waals surface area contributed by atoms with Crippen LogP contribution >= 0.6 is 0 Å². The van der Waals surface area contributed by atoms with E-state index in [0.717, 1.165) is 57.8 Å². The van der Waals surface area contributed by atoms with Crippen LogP contribution < -0.4 is 5.32 Å². The first-order chi connectivity index (χ1) is 34.8. The van der Waals surface area contributed by atoms with Gasteiger partial charge in [-0.3, -0.25) is 4.79 Å². The molecule has 0 aromatic carbocycles. The van der Waals surface area contributed by atoms with Gasteiger partial charge in [-0.15, -0.1) is 0 Å². The lowest BCUT2D eigenvalue weighted by molar-refractivity contribution is -0.379. The van der Waals surface area contributed by atoms with Gasteiger partial charge >= 0.3 is 0 Å². The molecule has 12 N–H and O–H groups in total. The van der Waals surface area contributed by atoms with Crippen molar-refractivity contribution in [2.24, 2.45) is 0 Å². The lowest BCUT2D eigenvalue weighted by Gasteiger charge is -2.48. The molecular formula is C53H99NO18. The highest BCUT2D eigenvalue weighted by molar-refractivity contribution is 5.76. The quantitative estimate of drug-likeness (QED) is 0.0309. The Labute approximate surface area is 429 Å². The molecule has 1 amide bonds. The number of amides is 1. The molecule has 3 fully saturated rings. The lowest BCUT2D eigenvalue weighted by Crippen LogP contribution is -2.66. The average molecular weight is 1040 g/mol. The number of ether oxygens (including phenoxy) is 6. The predicted molar refractivity (Wildman–Crippen MR) is 268 cm³/mol.